The van der Waals surface area contributed by atoms with E-state index in [4.69, 9.17) is 23.2 Å². The van der Waals surface area contributed by atoms with Crippen molar-refractivity contribution in [3.63, 3.8) is 0 Å². The third kappa shape index (κ3) is 3.18. The van der Waals surface area contributed by atoms with Crippen LogP contribution in [0.15, 0.2) is 18.2 Å². The van der Waals surface area contributed by atoms with Crippen LogP contribution in [-0.4, -0.2) is 5.88 Å². The maximum atomic E-state index is 5.80. The van der Waals surface area contributed by atoms with Gasteiger partial charge in [-0.3, -0.25) is 0 Å². The molecule has 0 fully saturated rings. The summed E-state index contributed by atoms with van der Waals surface area (Å²) in [6, 6.07) is 6.50. The van der Waals surface area contributed by atoms with E-state index in [0.29, 0.717) is 5.88 Å². The summed E-state index contributed by atoms with van der Waals surface area (Å²) < 4.78 is 0. The molecule has 0 aliphatic heterocycles. The van der Waals surface area contributed by atoms with Crippen molar-refractivity contribution < 1.29 is 0 Å². The molecule has 1 aromatic rings. The van der Waals surface area contributed by atoms with Crippen molar-refractivity contribution in [2.45, 2.75) is 32.1 Å². The summed E-state index contributed by atoms with van der Waals surface area (Å²) in [4.78, 5) is 0. The third-order valence-corrected chi connectivity index (χ3v) is 2.96. The van der Waals surface area contributed by atoms with Crippen LogP contribution in [0.4, 0.5) is 0 Å². The quantitative estimate of drug-likeness (QED) is 0.667. The van der Waals surface area contributed by atoms with Crippen molar-refractivity contribution >= 4 is 23.2 Å². The Labute approximate surface area is 96.2 Å². The van der Waals surface area contributed by atoms with Crippen molar-refractivity contribution in [1.82, 2.24) is 0 Å². The van der Waals surface area contributed by atoms with Crippen LogP contribution in [0.25, 0.3) is 0 Å². The van der Waals surface area contributed by atoms with Gasteiger partial charge in [-0.1, -0.05) is 25.1 Å². The van der Waals surface area contributed by atoms with E-state index in [9.17, 15) is 0 Å². The molecule has 0 unspecified atom stereocenters. The van der Waals surface area contributed by atoms with Gasteiger partial charge in [-0.25, -0.2) is 0 Å². The average molecular weight is 231 g/mol. The topological polar surface area (TPSA) is 0 Å². The van der Waals surface area contributed by atoms with Crippen molar-refractivity contribution in [2.75, 3.05) is 5.88 Å². The number of halogens is 2. The molecule has 1 rings (SSSR count). The minimum Gasteiger partial charge on any atom is -0.127 e. The molecule has 0 aliphatic rings. The van der Waals surface area contributed by atoms with Gasteiger partial charge in [-0.05, 0) is 36.0 Å². The highest BCUT2D eigenvalue weighted by molar-refractivity contribution is 6.17. The fraction of sp³-hybridized carbons (Fsp3) is 0.500. The van der Waals surface area contributed by atoms with Gasteiger partial charge in [0.25, 0.3) is 0 Å². The summed E-state index contributed by atoms with van der Waals surface area (Å²) in [5.74, 6) is 1.33. The number of hydrogen-bond donors (Lipinski definition) is 0. The predicted molar refractivity (Wildman–Crippen MR) is 64.4 cm³/mol. The SMILES string of the molecule is CCc1ccc(CCl)cc1CCCCl. The summed E-state index contributed by atoms with van der Waals surface area (Å²) in [6.45, 7) is 2.18. The lowest BCUT2D eigenvalue weighted by Gasteiger charge is -2.08. The largest absolute Gasteiger partial charge is 0.127 e. The van der Waals surface area contributed by atoms with Gasteiger partial charge < -0.3 is 0 Å². The molecule has 0 heterocycles. The zero-order chi connectivity index (χ0) is 10.4. The first kappa shape index (κ1) is 11.9. The van der Waals surface area contributed by atoms with Gasteiger partial charge in [-0.2, -0.15) is 0 Å². The first-order chi connectivity index (χ1) is 6.81. The first-order valence-electron chi connectivity index (χ1n) is 5.04. The number of alkyl halides is 2. The lowest BCUT2D eigenvalue weighted by atomic mass is 9.99. The second-order valence-corrected chi connectivity index (χ2v) is 4.03. The molecule has 2 heteroatoms. The molecule has 78 valence electrons. The van der Waals surface area contributed by atoms with Crippen LogP contribution in [0, 0.1) is 0 Å². The Bertz CT molecular complexity index is 282. The molecule has 0 atom stereocenters. The number of hydrogen-bond acceptors (Lipinski definition) is 0. The van der Waals surface area contributed by atoms with E-state index in [1.165, 1.54) is 16.7 Å². The van der Waals surface area contributed by atoms with Crippen LogP contribution in [0.3, 0.4) is 0 Å². The standard InChI is InChI=1S/C12H16Cl2/c1-2-11-6-5-10(9-14)8-12(11)4-3-7-13/h5-6,8H,2-4,7,9H2,1H3. The molecule has 0 saturated heterocycles. The van der Waals surface area contributed by atoms with Crippen molar-refractivity contribution in [2.24, 2.45) is 0 Å². The van der Waals surface area contributed by atoms with E-state index in [1.807, 2.05) is 0 Å². The molecular weight excluding hydrogens is 215 g/mol. The monoisotopic (exact) mass is 230 g/mol. The minimum atomic E-state index is 0.595. The van der Waals surface area contributed by atoms with E-state index in [1.54, 1.807) is 0 Å². The summed E-state index contributed by atoms with van der Waals surface area (Å²) in [5.41, 5.74) is 4.03. The third-order valence-electron chi connectivity index (χ3n) is 2.39. The first-order valence-corrected chi connectivity index (χ1v) is 6.11. The minimum absolute atomic E-state index is 0.595. The summed E-state index contributed by atoms with van der Waals surface area (Å²) >= 11 is 11.5. The highest BCUT2D eigenvalue weighted by atomic mass is 35.5. The Balaban J connectivity index is 2.84. The molecular formula is C12H16Cl2. The van der Waals surface area contributed by atoms with Crippen LogP contribution >= 0.6 is 23.2 Å². The van der Waals surface area contributed by atoms with Gasteiger partial charge in [0, 0.05) is 11.8 Å². The molecule has 14 heavy (non-hydrogen) atoms. The maximum absolute atomic E-state index is 5.80. The number of benzene rings is 1. The van der Waals surface area contributed by atoms with Crippen LogP contribution < -0.4 is 0 Å². The van der Waals surface area contributed by atoms with E-state index in [0.717, 1.165) is 25.1 Å². The number of rotatable bonds is 5. The van der Waals surface area contributed by atoms with Crippen molar-refractivity contribution in [1.29, 1.82) is 0 Å². The molecule has 0 nitrogen and oxygen atoms in total. The highest BCUT2D eigenvalue weighted by Crippen LogP contribution is 2.16. The van der Waals surface area contributed by atoms with Crippen LogP contribution in [0.1, 0.15) is 30.0 Å². The summed E-state index contributed by atoms with van der Waals surface area (Å²) in [7, 11) is 0. The molecule has 0 saturated carbocycles. The summed E-state index contributed by atoms with van der Waals surface area (Å²) in [6.07, 6.45) is 3.19. The van der Waals surface area contributed by atoms with Crippen LogP contribution in [0.5, 0.6) is 0 Å². The van der Waals surface area contributed by atoms with Crippen molar-refractivity contribution in [3.05, 3.63) is 34.9 Å². The Hall–Kier alpha value is -0.200. The summed E-state index contributed by atoms with van der Waals surface area (Å²) in [5, 5.41) is 0. The van der Waals surface area contributed by atoms with Crippen molar-refractivity contribution in [3.8, 4) is 0 Å². The van der Waals surface area contributed by atoms with E-state index in [-0.39, 0.29) is 0 Å². The zero-order valence-corrected chi connectivity index (χ0v) is 10.0. The van der Waals surface area contributed by atoms with Gasteiger partial charge in [0.15, 0.2) is 0 Å². The average Bonchev–Trinajstić information content (AvgIpc) is 2.25. The number of aryl methyl sites for hydroxylation is 2. The smallest absolute Gasteiger partial charge is 0.0474 e. The molecule has 0 aliphatic carbocycles. The Morgan fingerprint density at radius 1 is 1.14 bits per heavy atom. The fourth-order valence-corrected chi connectivity index (χ4v) is 1.90. The van der Waals surface area contributed by atoms with Gasteiger partial charge >= 0.3 is 0 Å². The van der Waals surface area contributed by atoms with Gasteiger partial charge in [0.2, 0.25) is 0 Å². The lowest BCUT2D eigenvalue weighted by Crippen LogP contribution is -1.95. The normalized spacial score (nSPS) is 10.5. The fourth-order valence-electron chi connectivity index (χ4n) is 1.60. The molecule has 0 bridgehead atoms. The molecule has 0 N–H and O–H groups in total. The van der Waals surface area contributed by atoms with E-state index in [2.05, 4.69) is 25.1 Å². The second kappa shape index (κ2) is 6.31. The Kier molecular flexibility index (Phi) is 5.36. The zero-order valence-electron chi connectivity index (χ0n) is 8.52. The Morgan fingerprint density at radius 2 is 1.93 bits per heavy atom. The molecule has 1 aromatic carbocycles. The van der Waals surface area contributed by atoms with Gasteiger partial charge in [-0.15, -0.1) is 23.2 Å². The van der Waals surface area contributed by atoms with E-state index >= 15 is 0 Å². The lowest BCUT2D eigenvalue weighted by molar-refractivity contribution is 0.902. The molecule has 0 spiro atoms. The van der Waals surface area contributed by atoms with E-state index < -0.39 is 0 Å². The van der Waals surface area contributed by atoms with Crippen LogP contribution in [-0.2, 0) is 18.7 Å². The molecule has 0 aromatic heterocycles. The van der Waals surface area contributed by atoms with Gasteiger partial charge in [0.1, 0.15) is 0 Å². The second-order valence-electron chi connectivity index (χ2n) is 3.38. The van der Waals surface area contributed by atoms with Crippen LogP contribution in [0.2, 0.25) is 0 Å². The molecule has 0 amide bonds. The highest BCUT2D eigenvalue weighted by Gasteiger charge is 2.01. The maximum Gasteiger partial charge on any atom is 0.0474 e. The van der Waals surface area contributed by atoms with Gasteiger partial charge in [0.05, 0.1) is 0 Å². The molecule has 0 radical (unpaired) electrons. The predicted octanol–water partition coefficient (Wildman–Crippen LogP) is 4.16. The Morgan fingerprint density at radius 3 is 2.50 bits per heavy atom.